The van der Waals surface area contributed by atoms with E-state index in [9.17, 15) is 9.59 Å². The van der Waals surface area contributed by atoms with E-state index in [1.165, 1.54) is 6.42 Å². The van der Waals surface area contributed by atoms with Gasteiger partial charge in [-0.15, -0.1) is 0 Å². The average Bonchev–Trinajstić information content (AvgIpc) is 3.33. The quantitative estimate of drug-likeness (QED) is 0.551. The minimum atomic E-state index is -0.102. The van der Waals surface area contributed by atoms with Crippen molar-refractivity contribution in [2.75, 3.05) is 25.5 Å². The maximum atomic E-state index is 12.5. The number of carbonyl (C=O) groups is 2. The van der Waals surface area contributed by atoms with Crippen molar-refractivity contribution in [3.63, 3.8) is 0 Å². The summed E-state index contributed by atoms with van der Waals surface area (Å²) in [5, 5.41) is 6.89. The zero-order chi connectivity index (χ0) is 23.0. The van der Waals surface area contributed by atoms with Gasteiger partial charge in [-0.05, 0) is 62.1 Å². The standard InChI is InChI=1S/C25H28N4O4/c1-32-21-9-4-3-8-20(21)24-27-23(33-28-24)11-7-10-22(30)26-19-14-12-18(13-15-19)25(31)29-16-5-2-6-17-29/h3-4,8-9,12-15H,2,5-7,10-11,16-17H2,1H3,(H,26,30). The molecule has 8 heteroatoms. The molecule has 0 aliphatic carbocycles. The summed E-state index contributed by atoms with van der Waals surface area (Å²) in [4.78, 5) is 31.2. The molecule has 0 bridgehead atoms. The van der Waals surface area contributed by atoms with E-state index in [-0.39, 0.29) is 11.8 Å². The van der Waals surface area contributed by atoms with Crippen molar-refractivity contribution in [3.8, 4) is 17.1 Å². The minimum Gasteiger partial charge on any atom is -0.496 e. The van der Waals surface area contributed by atoms with Crippen molar-refractivity contribution in [3.05, 3.63) is 60.0 Å². The van der Waals surface area contributed by atoms with Crippen molar-refractivity contribution in [1.82, 2.24) is 15.0 Å². The second kappa shape index (κ2) is 10.8. The number of aromatic nitrogens is 2. The number of nitrogens with one attached hydrogen (secondary N) is 1. The fourth-order valence-corrected chi connectivity index (χ4v) is 3.89. The lowest BCUT2D eigenvalue weighted by atomic mass is 10.1. The number of nitrogens with zero attached hydrogens (tertiary/aromatic N) is 3. The summed E-state index contributed by atoms with van der Waals surface area (Å²) in [6.07, 6.45) is 4.70. The van der Waals surface area contributed by atoms with Crippen LogP contribution in [0.15, 0.2) is 53.1 Å². The first-order chi connectivity index (χ1) is 16.1. The lowest BCUT2D eigenvalue weighted by Crippen LogP contribution is -2.35. The molecule has 2 heterocycles. The van der Waals surface area contributed by atoms with Gasteiger partial charge in [-0.25, -0.2) is 0 Å². The first-order valence-corrected chi connectivity index (χ1v) is 11.3. The Balaban J connectivity index is 1.24. The number of ether oxygens (including phenoxy) is 1. The van der Waals surface area contributed by atoms with E-state index >= 15 is 0 Å². The van der Waals surface area contributed by atoms with Gasteiger partial charge in [-0.3, -0.25) is 9.59 Å². The highest BCUT2D eigenvalue weighted by Gasteiger charge is 2.18. The monoisotopic (exact) mass is 448 g/mol. The van der Waals surface area contributed by atoms with Gasteiger partial charge < -0.3 is 19.5 Å². The van der Waals surface area contributed by atoms with E-state index in [2.05, 4.69) is 15.5 Å². The number of piperidine rings is 1. The topological polar surface area (TPSA) is 97.6 Å². The van der Waals surface area contributed by atoms with E-state index in [4.69, 9.17) is 9.26 Å². The molecule has 0 spiro atoms. The van der Waals surface area contributed by atoms with Crippen molar-refractivity contribution in [2.24, 2.45) is 0 Å². The Bertz CT molecular complexity index is 1090. The van der Waals surface area contributed by atoms with Crippen LogP contribution >= 0.6 is 0 Å². The number of amides is 2. The van der Waals surface area contributed by atoms with Crippen LogP contribution in [0.4, 0.5) is 5.69 Å². The summed E-state index contributed by atoms with van der Waals surface area (Å²) in [6, 6.07) is 14.5. The molecule has 2 amide bonds. The zero-order valence-electron chi connectivity index (χ0n) is 18.8. The van der Waals surface area contributed by atoms with Crippen molar-refractivity contribution < 1.29 is 18.8 Å². The highest BCUT2D eigenvalue weighted by atomic mass is 16.5. The third-order valence-corrected chi connectivity index (χ3v) is 5.67. The Hall–Kier alpha value is -3.68. The van der Waals surface area contributed by atoms with E-state index in [0.29, 0.717) is 48.0 Å². The third kappa shape index (κ3) is 5.77. The van der Waals surface area contributed by atoms with Gasteiger partial charge >= 0.3 is 0 Å². The first kappa shape index (κ1) is 22.5. The molecule has 1 aliphatic rings. The summed E-state index contributed by atoms with van der Waals surface area (Å²) in [5.41, 5.74) is 2.08. The molecule has 0 radical (unpaired) electrons. The van der Waals surface area contributed by atoms with Crippen LogP contribution in [0.3, 0.4) is 0 Å². The Morgan fingerprint density at radius 3 is 2.58 bits per heavy atom. The first-order valence-electron chi connectivity index (χ1n) is 11.3. The summed E-state index contributed by atoms with van der Waals surface area (Å²) < 4.78 is 10.7. The maximum Gasteiger partial charge on any atom is 0.253 e. The number of anilines is 1. The van der Waals surface area contributed by atoms with Crippen LogP contribution in [0, 0.1) is 0 Å². The number of rotatable bonds is 8. The van der Waals surface area contributed by atoms with Crippen LogP contribution in [-0.2, 0) is 11.2 Å². The lowest BCUT2D eigenvalue weighted by molar-refractivity contribution is -0.116. The SMILES string of the molecule is COc1ccccc1-c1noc(CCCC(=O)Nc2ccc(C(=O)N3CCCCC3)cc2)n1. The van der Waals surface area contributed by atoms with Crippen LogP contribution < -0.4 is 10.1 Å². The van der Waals surface area contributed by atoms with Crippen molar-refractivity contribution >= 4 is 17.5 Å². The van der Waals surface area contributed by atoms with Gasteiger partial charge in [-0.2, -0.15) is 4.98 Å². The number of likely N-dealkylation sites (tertiary alicyclic amines) is 1. The largest absolute Gasteiger partial charge is 0.496 e. The summed E-state index contributed by atoms with van der Waals surface area (Å²) in [7, 11) is 1.60. The molecule has 2 aromatic carbocycles. The number of hydrogen-bond acceptors (Lipinski definition) is 6. The van der Waals surface area contributed by atoms with E-state index in [0.717, 1.165) is 31.5 Å². The van der Waals surface area contributed by atoms with Gasteiger partial charge in [0.1, 0.15) is 5.75 Å². The van der Waals surface area contributed by atoms with Crippen molar-refractivity contribution in [1.29, 1.82) is 0 Å². The molecule has 1 aromatic heterocycles. The molecule has 172 valence electrons. The minimum absolute atomic E-state index is 0.0552. The maximum absolute atomic E-state index is 12.5. The molecule has 0 unspecified atom stereocenters. The second-order valence-electron chi connectivity index (χ2n) is 8.04. The Kier molecular flexibility index (Phi) is 7.34. The Labute approximate surface area is 192 Å². The second-order valence-corrected chi connectivity index (χ2v) is 8.04. The number of methoxy groups -OCH3 is 1. The molecule has 0 atom stereocenters. The summed E-state index contributed by atoms with van der Waals surface area (Å²) in [6.45, 7) is 1.63. The predicted octanol–water partition coefficient (Wildman–Crippen LogP) is 4.33. The van der Waals surface area contributed by atoms with Crippen LogP contribution in [-0.4, -0.2) is 47.1 Å². The molecular formula is C25H28N4O4. The highest BCUT2D eigenvalue weighted by molar-refractivity contribution is 5.95. The Morgan fingerprint density at radius 2 is 1.82 bits per heavy atom. The van der Waals surface area contributed by atoms with Crippen LogP contribution in [0.1, 0.15) is 48.4 Å². The van der Waals surface area contributed by atoms with Gasteiger partial charge in [0.05, 0.1) is 12.7 Å². The number of para-hydroxylation sites is 1. The molecule has 0 saturated carbocycles. The van der Waals surface area contributed by atoms with Gasteiger partial charge in [-0.1, -0.05) is 17.3 Å². The third-order valence-electron chi connectivity index (χ3n) is 5.67. The molecule has 4 rings (SSSR count). The lowest BCUT2D eigenvalue weighted by Gasteiger charge is -2.26. The fraction of sp³-hybridized carbons (Fsp3) is 0.360. The zero-order valence-corrected chi connectivity index (χ0v) is 18.8. The van der Waals surface area contributed by atoms with Crippen LogP contribution in [0.2, 0.25) is 0 Å². The number of hydrogen-bond donors (Lipinski definition) is 1. The number of carbonyl (C=O) groups excluding carboxylic acids is 2. The van der Waals surface area contributed by atoms with Crippen LogP contribution in [0.5, 0.6) is 5.75 Å². The van der Waals surface area contributed by atoms with E-state index < -0.39 is 0 Å². The highest BCUT2D eigenvalue weighted by Crippen LogP contribution is 2.27. The average molecular weight is 449 g/mol. The van der Waals surface area contributed by atoms with Gasteiger partial charge in [0, 0.05) is 37.2 Å². The molecule has 3 aromatic rings. The molecule has 1 saturated heterocycles. The molecule has 1 aliphatic heterocycles. The molecule has 1 fully saturated rings. The van der Waals surface area contributed by atoms with E-state index in [1.54, 1.807) is 31.4 Å². The summed E-state index contributed by atoms with van der Waals surface area (Å²) >= 11 is 0. The van der Waals surface area contributed by atoms with Gasteiger partial charge in [0.2, 0.25) is 17.6 Å². The van der Waals surface area contributed by atoms with E-state index in [1.807, 2.05) is 29.2 Å². The number of benzene rings is 2. The molecular weight excluding hydrogens is 420 g/mol. The molecule has 33 heavy (non-hydrogen) atoms. The van der Waals surface area contributed by atoms with Crippen molar-refractivity contribution in [2.45, 2.75) is 38.5 Å². The van der Waals surface area contributed by atoms with Gasteiger partial charge in [0.15, 0.2) is 0 Å². The molecule has 1 N–H and O–H groups in total. The smallest absolute Gasteiger partial charge is 0.253 e. The van der Waals surface area contributed by atoms with Gasteiger partial charge in [0.25, 0.3) is 5.91 Å². The predicted molar refractivity (Wildman–Crippen MR) is 124 cm³/mol. The normalized spacial score (nSPS) is 13.5. The number of aryl methyl sites for hydroxylation is 1. The fourth-order valence-electron chi connectivity index (χ4n) is 3.89. The van der Waals surface area contributed by atoms with Crippen LogP contribution in [0.25, 0.3) is 11.4 Å². The summed E-state index contributed by atoms with van der Waals surface area (Å²) in [5.74, 6) is 1.57. The molecule has 8 nitrogen and oxygen atoms in total. The Morgan fingerprint density at radius 1 is 1.06 bits per heavy atom.